The highest BCUT2D eigenvalue weighted by atomic mass is 79.9. The smallest absolute Gasteiger partial charge is 0.0328 e. The molecule has 0 saturated carbocycles. The Kier molecular flexibility index (Phi) is 5.02. The first kappa shape index (κ1) is 11.6. The molecule has 78 valence electrons. The average molecular weight is 256 g/mol. The van der Waals surface area contributed by atoms with E-state index in [0.717, 1.165) is 16.6 Å². The molecule has 0 atom stereocenters. The van der Waals surface area contributed by atoms with Gasteiger partial charge in [-0.05, 0) is 36.6 Å². The minimum Gasteiger partial charge on any atom is -0.399 e. The van der Waals surface area contributed by atoms with E-state index in [1.807, 2.05) is 6.07 Å². The number of aryl methyl sites for hydroxylation is 1. The van der Waals surface area contributed by atoms with Crippen LogP contribution in [0.1, 0.15) is 38.2 Å². The van der Waals surface area contributed by atoms with Gasteiger partial charge in [0.05, 0.1) is 0 Å². The quantitative estimate of drug-likeness (QED) is 0.621. The van der Waals surface area contributed by atoms with Gasteiger partial charge in [-0.3, -0.25) is 0 Å². The Morgan fingerprint density at radius 3 is 2.57 bits per heavy atom. The summed E-state index contributed by atoms with van der Waals surface area (Å²) in [7, 11) is 0. The molecule has 0 bridgehead atoms. The molecule has 0 aliphatic heterocycles. The largest absolute Gasteiger partial charge is 0.399 e. The van der Waals surface area contributed by atoms with Crippen LogP contribution in [0.2, 0.25) is 0 Å². The van der Waals surface area contributed by atoms with E-state index in [9.17, 15) is 0 Å². The van der Waals surface area contributed by atoms with Crippen LogP contribution in [-0.4, -0.2) is 0 Å². The van der Waals surface area contributed by atoms with Crippen LogP contribution in [-0.2, 0) is 6.42 Å². The van der Waals surface area contributed by atoms with Gasteiger partial charge in [-0.25, -0.2) is 0 Å². The molecule has 0 spiro atoms. The molecule has 0 unspecified atom stereocenters. The van der Waals surface area contributed by atoms with Gasteiger partial charge in [0.15, 0.2) is 0 Å². The molecule has 0 fully saturated rings. The second-order valence-corrected chi connectivity index (χ2v) is 4.62. The van der Waals surface area contributed by atoms with Crippen molar-refractivity contribution in [2.75, 3.05) is 5.73 Å². The van der Waals surface area contributed by atoms with Crippen molar-refractivity contribution in [3.05, 3.63) is 28.2 Å². The third kappa shape index (κ3) is 4.14. The number of unbranched alkanes of at least 4 members (excludes halogenated alkanes) is 3. The number of benzene rings is 1. The number of rotatable bonds is 5. The van der Waals surface area contributed by atoms with Crippen molar-refractivity contribution in [2.45, 2.75) is 39.0 Å². The van der Waals surface area contributed by atoms with Crippen molar-refractivity contribution < 1.29 is 0 Å². The number of halogens is 1. The average Bonchev–Trinajstić information content (AvgIpc) is 2.11. The Balaban J connectivity index is 2.42. The van der Waals surface area contributed by atoms with Crippen molar-refractivity contribution >= 4 is 21.6 Å². The summed E-state index contributed by atoms with van der Waals surface area (Å²) in [5, 5.41) is 0. The Morgan fingerprint density at radius 2 is 1.93 bits per heavy atom. The van der Waals surface area contributed by atoms with Crippen LogP contribution in [0.3, 0.4) is 0 Å². The predicted octanol–water partition coefficient (Wildman–Crippen LogP) is 4.15. The summed E-state index contributed by atoms with van der Waals surface area (Å²) in [6, 6.07) is 6.16. The van der Waals surface area contributed by atoms with E-state index < -0.39 is 0 Å². The lowest BCUT2D eigenvalue weighted by Gasteiger charge is -2.03. The third-order valence-corrected chi connectivity index (χ3v) is 2.76. The molecule has 14 heavy (non-hydrogen) atoms. The summed E-state index contributed by atoms with van der Waals surface area (Å²) >= 11 is 3.46. The Morgan fingerprint density at radius 1 is 1.14 bits per heavy atom. The molecule has 1 aromatic carbocycles. The van der Waals surface area contributed by atoms with E-state index in [1.165, 1.54) is 31.2 Å². The van der Waals surface area contributed by atoms with Crippen molar-refractivity contribution in [3.63, 3.8) is 0 Å². The first-order chi connectivity index (χ1) is 6.72. The maximum Gasteiger partial charge on any atom is 0.0328 e. The van der Waals surface area contributed by atoms with Gasteiger partial charge in [-0.1, -0.05) is 42.1 Å². The summed E-state index contributed by atoms with van der Waals surface area (Å²) < 4.78 is 1.09. The summed E-state index contributed by atoms with van der Waals surface area (Å²) in [4.78, 5) is 0. The Hall–Kier alpha value is -0.500. The molecule has 1 rings (SSSR count). The lowest BCUT2D eigenvalue weighted by molar-refractivity contribution is 0.667. The Bertz CT molecular complexity index is 263. The lowest BCUT2D eigenvalue weighted by atomic mass is 10.1. The van der Waals surface area contributed by atoms with Gasteiger partial charge in [0.25, 0.3) is 0 Å². The molecule has 0 amide bonds. The second kappa shape index (κ2) is 6.07. The minimum absolute atomic E-state index is 0.852. The zero-order chi connectivity index (χ0) is 10.4. The molecule has 0 aliphatic rings. The normalized spacial score (nSPS) is 10.4. The first-order valence-corrected chi connectivity index (χ1v) is 6.06. The van der Waals surface area contributed by atoms with Crippen molar-refractivity contribution in [2.24, 2.45) is 0 Å². The van der Waals surface area contributed by atoms with Crippen molar-refractivity contribution in [3.8, 4) is 0 Å². The van der Waals surface area contributed by atoms with Gasteiger partial charge in [-0.2, -0.15) is 0 Å². The zero-order valence-corrected chi connectivity index (χ0v) is 10.3. The number of hydrogen-bond donors (Lipinski definition) is 1. The second-order valence-electron chi connectivity index (χ2n) is 3.70. The molecule has 2 N–H and O–H groups in total. The van der Waals surface area contributed by atoms with Crippen LogP contribution in [0.5, 0.6) is 0 Å². The highest BCUT2D eigenvalue weighted by molar-refractivity contribution is 9.10. The predicted molar refractivity (Wildman–Crippen MR) is 66.4 cm³/mol. The number of anilines is 1. The SMILES string of the molecule is CCCCCCc1cc(N)cc(Br)c1. The summed E-state index contributed by atoms with van der Waals surface area (Å²) in [5.74, 6) is 0. The highest BCUT2D eigenvalue weighted by Gasteiger charge is 1.97. The van der Waals surface area contributed by atoms with E-state index >= 15 is 0 Å². The molecule has 0 heterocycles. The molecule has 0 aromatic heterocycles. The topological polar surface area (TPSA) is 26.0 Å². The van der Waals surface area contributed by atoms with Gasteiger partial charge < -0.3 is 5.73 Å². The lowest BCUT2D eigenvalue weighted by Crippen LogP contribution is -1.90. The molecule has 1 nitrogen and oxygen atoms in total. The molecule has 2 heteroatoms. The fraction of sp³-hybridized carbons (Fsp3) is 0.500. The van der Waals surface area contributed by atoms with Crippen LogP contribution in [0, 0.1) is 0 Å². The maximum absolute atomic E-state index is 5.76. The fourth-order valence-corrected chi connectivity index (χ4v) is 2.13. The van der Waals surface area contributed by atoms with Gasteiger partial charge in [-0.15, -0.1) is 0 Å². The number of nitrogens with two attached hydrogens (primary N) is 1. The molecule has 0 radical (unpaired) electrons. The van der Waals surface area contributed by atoms with Crippen LogP contribution >= 0.6 is 15.9 Å². The van der Waals surface area contributed by atoms with Gasteiger partial charge in [0.2, 0.25) is 0 Å². The summed E-state index contributed by atoms with van der Waals surface area (Å²) in [5.41, 5.74) is 7.95. The molecule has 0 saturated heterocycles. The molecular weight excluding hydrogens is 238 g/mol. The van der Waals surface area contributed by atoms with Gasteiger partial charge in [0, 0.05) is 10.2 Å². The summed E-state index contributed by atoms with van der Waals surface area (Å²) in [6.07, 6.45) is 6.36. The highest BCUT2D eigenvalue weighted by Crippen LogP contribution is 2.19. The van der Waals surface area contributed by atoms with Gasteiger partial charge in [0.1, 0.15) is 0 Å². The molecule has 0 aliphatic carbocycles. The van der Waals surface area contributed by atoms with E-state index in [4.69, 9.17) is 5.73 Å². The van der Waals surface area contributed by atoms with Gasteiger partial charge >= 0.3 is 0 Å². The molecular formula is C12H18BrN. The van der Waals surface area contributed by atoms with E-state index in [1.54, 1.807) is 0 Å². The van der Waals surface area contributed by atoms with Crippen LogP contribution in [0.15, 0.2) is 22.7 Å². The monoisotopic (exact) mass is 255 g/mol. The van der Waals surface area contributed by atoms with E-state index in [0.29, 0.717) is 0 Å². The van der Waals surface area contributed by atoms with Crippen molar-refractivity contribution in [1.29, 1.82) is 0 Å². The molecule has 1 aromatic rings. The fourth-order valence-electron chi connectivity index (χ4n) is 1.58. The number of nitrogen functional groups attached to an aromatic ring is 1. The minimum atomic E-state index is 0.852. The zero-order valence-electron chi connectivity index (χ0n) is 8.72. The van der Waals surface area contributed by atoms with Crippen LogP contribution < -0.4 is 5.73 Å². The third-order valence-electron chi connectivity index (χ3n) is 2.30. The summed E-state index contributed by atoms with van der Waals surface area (Å²) in [6.45, 7) is 2.23. The number of hydrogen-bond acceptors (Lipinski definition) is 1. The van der Waals surface area contributed by atoms with E-state index in [-0.39, 0.29) is 0 Å². The Labute approximate surface area is 94.8 Å². The first-order valence-electron chi connectivity index (χ1n) is 5.27. The van der Waals surface area contributed by atoms with Crippen LogP contribution in [0.25, 0.3) is 0 Å². The van der Waals surface area contributed by atoms with E-state index in [2.05, 4.69) is 35.0 Å². The standard InChI is InChI=1S/C12H18BrN/c1-2-3-4-5-6-10-7-11(13)9-12(14)8-10/h7-9H,2-6,14H2,1H3. The van der Waals surface area contributed by atoms with Crippen LogP contribution in [0.4, 0.5) is 5.69 Å². The maximum atomic E-state index is 5.76. The van der Waals surface area contributed by atoms with Crippen molar-refractivity contribution in [1.82, 2.24) is 0 Å².